The van der Waals surface area contributed by atoms with Gasteiger partial charge in [0.25, 0.3) is 11.8 Å². The number of hydrogen-bond acceptors (Lipinski definition) is 7. The molecule has 1 aliphatic rings. The lowest BCUT2D eigenvalue weighted by atomic mass is 10.1. The fraction of sp³-hybridized carbons (Fsp3) is 0.167. The second-order valence-corrected chi connectivity index (χ2v) is 7.95. The molecule has 3 aromatic rings. The second kappa shape index (κ2) is 10.1. The van der Waals surface area contributed by atoms with Crippen LogP contribution in [0.25, 0.3) is 6.08 Å². The van der Waals surface area contributed by atoms with Crippen molar-refractivity contribution in [3.63, 3.8) is 0 Å². The molecule has 2 aromatic carbocycles. The summed E-state index contributed by atoms with van der Waals surface area (Å²) in [7, 11) is 3.01. The Kier molecular flexibility index (Phi) is 6.80. The van der Waals surface area contributed by atoms with Crippen molar-refractivity contribution in [2.75, 3.05) is 21.0 Å². The molecule has 8 nitrogen and oxygen atoms in total. The second-order valence-electron chi connectivity index (χ2n) is 6.97. The average Bonchev–Trinajstić information content (AvgIpc) is 3.53. The zero-order chi connectivity index (χ0) is 23.2. The van der Waals surface area contributed by atoms with Gasteiger partial charge in [0.15, 0.2) is 23.0 Å². The summed E-state index contributed by atoms with van der Waals surface area (Å²) in [5, 5.41) is 7.45. The molecule has 0 saturated carbocycles. The van der Waals surface area contributed by atoms with Gasteiger partial charge < -0.3 is 29.6 Å². The number of carbonyl (C=O) groups excluding carboxylic acids is 2. The quantitative estimate of drug-likeness (QED) is 0.493. The zero-order valence-electron chi connectivity index (χ0n) is 18.0. The highest BCUT2D eigenvalue weighted by atomic mass is 32.1. The molecule has 170 valence electrons. The number of carbonyl (C=O) groups is 2. The number of amides is 2. The van der Waals surface area contributed by atoms with Gasteiger partial charge in [-0.15, -0.1) is 11.3 Å². The normalized spacial score (nSPS) is 12.2. The summed E-state index contributed by atoms with van der Waals surface area (Å²) in [5.41, 5.74) is 1.29. The van der Waals surface area contributed by atoms with Crippen LogP contribution < -0.4 is 29.6 Å². The van der Waals surface area contributed by atoms with Crippen molar-refractivity contribution in [3.05, 3.63) is 75.6 Å². The summed E-state index contributed by atoms with van der Waals surface area (Å²) >= 11 is 1.46. The van der Waals surface area contributed by atoms with E-state index in [9.17, 15) is 9.59 Å². The number of fused-ring (bicyclic) bond motifs is 1. The molecule has 9 heteroatoms. The molecule has 0 bridgehead atoms. The van der Waals surface area contributed by atoms with Crippen LogP contribution in [0.1, 0.15) is 20.8 Å². The Bertz CT molecular complexity index is 1190. The molecule has 0 spiro atoms. The van der Waals surface area contributed by atoms with Gasteiger partial charge in [-0.3, -0.25) is 9.59 Å². The van der Waals surface area contributed by atoms with Crippen LogP contribution >= 0.6 is 11.3 Å². The molecule has 1 aromatic heterocycles. The van der Waals surface area contributed by atoms with Crippen molar-refractivity contribution in [1.29, 1.82) is 0 Å². The Morgan fingerprint density at radius 1 is 1.03 bits per heavy atom. The van der Waals surface area contributed by atoms with Gasteiger partial charge in [-0.05, 0) is 53.4 Å². The average molecular weight is 467 g/mol. The van der Waals surface area contributed by atoms with E-state index in [1.807, 2.05) is 29.6 Å². The summed E-state index contributed by atoms with van der Waals surface area (Å²) in [6, 6.07) is 14.0. The van der Waals surface area contributed by atoms with Gasteiger partial charge in [0.05, 0.1) is 14.2 Å². The van der Waals surface area contributed by atoms with E-state index in [1.54, 1.807) is 30.3 Å². The number of thiophene rings is 1. The van der Waals surface area contributed by atoms with Crippen LogP contribution in [0.5, 0.6) is 23.0 Å². The Balaban J connectivity index is 1.50. The van der Waals surface area contributed by atoms with E-state index < -0.39 is 11.8 Å². The summed E-state index contributed by atoms with van der Waals surface area (Å²) in [6.45, 7) is 0.435. The Labute approximate surface area is 194 Å². The third kappa shape index (κ3) is 5.27. The molecule has 0 saturated heterocycles. The molecule has 2 amide bonds. The van der Waals surface area contributed by atoms with Crippen LogP contribution in [0, 0.1) is 0 Å². The van der Waals surface area contributed by atoms with Crippen molar-refractivity contribution in [2.24, 2.45) is 0 Å². The van der Waals surface area contributed by atoms with Gasteiger partial charge in [-0.2, -0.15) is 0 Å². The number of nitrogens with one attached hydrogen (secondary N) is 2. The highest BCUT2D eigenvalue weighted by Gasteiger charge is 2.18. The van der Waals surface area contributed by atoms with Gasteiger partial charge in [-0.25, -0.2) is 0 Å². The first-order valence-corrected chi connectivity index (χ1v) is 10.9. The number of rotatable bonds is 8. The molecule has 2 heterocycles. The fourth-order valence-electron chi connectivity index (χ4n) is 3.17. The van der Waals surface area contributed by atoms with E-state index in [0.29, 0.717) is 28.6 Å². The molecule has 4 rings (SSSR count). The lowest BCUT2D eigenvalue weighted by Gasteiger charge is -2.13. The van der Waals surface area contributed by atoms with Crippen molar-refractivity contribution in [1.82, 2.24) is 10.6 Å². The predicted molar refractivity (Wildman–Crippen MR) is 124 cm³/mol. The largest absolute Gasteiger partial charge is 0.493 e. The zero-order valence-corrected chi connectivity index (χ0v) is 18.9. The van der Waals surface area contributed by atoms with E-state index in [1.165, 1.54) is 25.6 Å². The summed E-state index contributed by atoms with van der Waals surface area (Å²) in [6.07, 6.45) is 1.64. The van der Waals surface area contributed by atoms with Gasteiger partial charge in [0, 0.05) is 17.0 Å². The number of methoxy groups -OCH3 is 2. The van der Waals surface area contributed by atoms with E-state index in [4.69, 9.17) is 18.9 Å². The Morgan fingerprint density at radius 2 is 1.85 bits per heavy atom. The van der Waals surface area contributed by atoms with Crippen LogP contribution in [0.4, 0.5) is 0 Å². The van der Waals surface area contributed by atoms with Crippen molar-refractivity contribution in [2.45, 2.75) is 6.54 Å². The molecule has 0 unspecified atom stereocenters. The number of ether oxygens (including phenoxy) is 4. The summed E-state index contributed by atoms with van der Waals surface area (Å²) in [5.74, 6) is 1.36. The van der Waals surface area contributed by atoms with Gasteiger partial charge >= 0.3 is 0 Å². The highest BCUT2D eigenvalue weighted by molar-refractivity contribution is 7.10. The van der Waals surface area contributed by atoms with Gasteiger partial charge in [0.1, 0.15) is 5.70 Å². The maximum Gasteiger partial charge on any atom is 0.268 e. The summed E-state index contributed by atoms with van der Waals surface area (Å²) < 4.78 is 21.2. The van der Waals surface area contributed by atoms with Crippen molar-refractivity contribution < 1.29 is 28.5 Å². The minimum Gasteiger partial charge on any atom is -0.493 e. The predicted octanol–water partition coefficient (Wildman–Crippen LogP) is 3.58. The van der Waals surface area contributed by atoms with Crippen LogP contribution in [0.3, 0.4) is 0 Å². The molecule has 0 radical (unpaired) electrons. The minimum atomic E-state index is -0.447. The number of hydrogen-bond donors (Lipinski definition) is 2. The molecular formula is C24H22N2O6S. The molecule has 1 aliphatic heterocycles. The van der Waals surface area contributed by atoms with Crippen LogP contribution in [0.2, 0.25) is 0 Å². The van der Waals surface area contributed by atoms with Crippen LogP contribution in [-0.2, 0) is 11.3 Å². The Hall–Kier alpha value is -3.98. The summed E-state index contributed by atoms with van der Waals surface area (Å²) in [4.78, 5) is 26.7. The molecule has 33 heavy (non-hydrogen) atoms. The topological polar surface area (TPSA) is 95.1 Å². The molecule has 0 aliphatic carbocycles. The molecular weight excluding hydrogens is 444 g/mol. The first-order chi connectivity index (χ1) is 16.1. The lowest BCUT2D eigenvalue weighted by molar-refractivity contribution is -0.117. The van der Waals surface area contributed by atoms with Crippen LogP contribution in [-0.4, -0.2) is 32.8 Å². The van der Waals surface area contributed by atoms with Gasteiger partial charge in [0.2, 0.25) is 6.79 Å². The first-order valence-electron chi connectivity index (χ1n) is 10.0. The SMILES string of the molecule is COc1ccc(C(=O)N/C(=C\c2cccs2)C(=O)NCc2ccc3c(c2)OCO3)cc1OC. The maximum absolute atomic E-state index is 13.0. The third-order valence-corrected chi connectivity index (χ3v) is 5.68. The highest BCUT2D eigenvalue weighted by Crippen LogP contribution is 2.32. The van der Waals surface area contributed by atoms with Crippen LogP contribution in [0.15, 0.2) is 59.6 Å². The number of benzene rings is 2. The van der Waals surface area contributed by atoms with E-state index in [-0.39, 0.29) is 19.0 Å². The standard InChI is InChI=1S/C24H22N2O6S/c1-29-19-8-6-16(11-21(19)30-2)23(27)26-18(12-17-4-3-9-33-17)24(28)25-13-15-5-7-20-22(10-15)32-14-31-20/h3-12H,13-14H2,1-2H3,(H,25,28)(H,26,27)/b18-12-. The molecule has 2 N–H and O–H groups in total. The smallest absolute Gasteiger partial charge is 0.268 e. The molecule has 0 atom stereocenters. The van der Waals surface area contributed by atoms with E-state index in [0.717, 1.165) is 10.4 Å². The fourth-order valence-corrected chi connectivity index (χ4v) is 3.83. The monoisotopic (exact) mass is 466 g/mol. The van der Waals surface area contributed by atoms with Crippen molar-refractivity contribution in [3.8, 4) is 23.0 Å². The van der Waals surface area contributed by atoms with Gasteiger partial charge in [-0.1, -0.05) is 12.1 Å². The van der Waals surface area contributed by atoms with E-state index in [2.05, 4.69) is 10.6 Å². The maximum atomic E-state index is 13.0. The lowest BCUT2D eigenvalue weighted by Crippen LogP contribution is -2.34. The minimum absolute atomic E-state index is 0.123. The van der Waals surface area contributed by atoms with E-state index >= 15 is 0 Å². The molecule has 0 fully saturated rings. The van der Waals surface area contributed by atoms with Crippen molar-refractivity contribution >= 4 is 29.2 Å². The first kappa shape index (κ1) is 22.2. The third-order valence-electron chi connectivity index (χ3n) is 4.86. The Morgan fingerprint density at radius 3 is 2.61 bits per heavy atom.